The normalized spacial score (nSPS) is 21.4. The number of ether oxygens (including phenoxy) is 1. The van der Waals surface area contributed by atoms with Crippen molar-refractivity contribution in [2.75, 3.05) is 7.11 Å². The highest BCUT2D eigenvalue weighted by Gasteiger charge is 2.43. The van der Waals surface area contributed by atoms with Crippen LogP contribution in [-0.2, 0) is 11.2 Å². The Kier molecular flexibility index (Phi) is 4.27. The molecule has 1 amide bonds. The molecule has 0 saturated carbocycles. The van der Waals surface area contributed by atoms with Crippen LogP contribution in [0, 0.1) is 9.49 Å². The van der Waals surface area contributed by atoms with E-state index >= 15 is 0 Å². The molecule has 1 aliphatic heterocycles. The van der Waals surface area contributed by atoms with Crippen LogP contribution in [0.2, 0.25) is 0 Å². The molecular weight excluding hydrogens is 427 g/mol. The standard InChI is InChI=1S/C20H19IN2O2/c1-12(24)23-20(14-4-3-5-15(21)10-14)18-8-6-13-11-16(25-2)7-9-17(13)19(18)22-23/h3-5,7,9-11,18,20H,6,8H2,1-2H3/t18-,20+/m1/s1. The summed E-state index contributed by atoms with van der Waals surface area (Å²) in [6.45, 7) is 1.59. The smallest absolute Gasteiger partial charge is 0.240 e. The van der Waals surface area contributed by atoms with Gasteiger partial charge in [0, 0.05) is 22.0 Å². The third-order valence-corrected chi connectivity index (χ3v) is 5.71. The number of aryl methyl sites for hydroxylation is 1. The number of fused-ring (bicyclic) bond motifs is 3. The fourth-order valence-electron chi connectivity index (χ4n) is 3.92. The number of nitrogens with zero attached hydrogens (tertiary/aromatic N) is 2. The molecule has 0 radical (unpaired) electrons. The predicted octanol–water partition coefficient (Wildman–Crippen LogP) is 4.17. The second-order valence-electron chi connectivity index (χ2n) is 6.52. The lowest BCUT2D eigenvalue weighted by Crippen LogP contribution is -2.31. The van der Waals surface area contributed by atoms with Gasteiger partial charge in [-0.25, -0.2) is 5.01 Å². The number of hydrogen-bond donors (Lipinski definition) is 0. The van der Waals surface area contributed by atoms with E-state index in [1.165, 1.54) is 9.13 Å². The van der Waals surface area contributed by atoms with E-state index in [1.54, 1.807) is 19.0 Å². The van der Waals surface area contributed by atoms with Crippen LogP contribution in [0.1, 0.15) is 36.1 Å². The number of halogens is 1. The maximum absolute atomic E-state index is 12.3. The van der Waals surface area contributed by atoms with Crippen molar-refractivity contribution < 1.29 is 9.53 Å². The Morgan fingerprint density at radius 2 is 2.12 bits per heavy atom. The summed E-state index contributed by atoms with van der Waals surface area (Å²) >= 11 is 2.32. The minimum absolute atomic E-state index is 0.0131. The second-order valence-corrected chi connectivity index (χ2v) is 7.76. The van der Waals surface area contributed by atoms with Gasteiger partial charge in [0.25, 0.3) is 0 Å². The van der Waals surface area contributed by atoms with Crippen molar-refractivity contribution in [1.82, 2.24) is 5.01 Å². The number of carbonyl (C=O) groups is 1. The summed E-state index contributed by atoms with van der Waals surface area (Å²) in [4.78, 5) is 12.3. The van der Waals surface area contributed by atoms with E-state index in [0.29, 0.717) is 0 Å². The summed E-state index contributed by atoms with van der Waals surface area (Å²) in [5.74, 6) is 1.09. The Hall–Kier alpha value is -1.89. The molecule has 128 valence electrons. The highest BCUT2D eigenvalue weighted by molar-refractivity contribution is 14.1. The molecule has 0 saturated heterocycles. The van der Waals surface area contributed by atoms with Crippen molar-refractivity contribution in [3.63, 3.8) is 0 Å². The molecule has 5 heteroatoms. The maximum atomic E-state index is 12.3. The van der Waals surface area contributed by atoms with Gasteiger partial charge in [-0.2, -0.15) is 5.10 Å². The number of hydrazone groups is 1. The van der Waals surface area contributed by atoms with Gasteiger partial charge in [0.1, 0.15) is 5.75 Å². The van der Waals surface area contributed by atoms with Gasteiger partial charge in [-0.1, -0.05) is 12.1 Å². The lowest BCUT2D eigenvalue weighted by atomic mass is 9.77. The summed E-state index contributed by atoms with van der Waals surface area (Å²) in [5, 5.41) is 6.42. The fraction of sp³-hybridized carbons (Fsp3) is 0.300. The van der Waals surface area contributed by atoms with E-state index in [4.69, 9.17) is 9.84 Å². The van der Waals surface area contributed by atoms with Gasteiger partial charge >= 0.3 is 0 Å². The van der Waals surface area contributed by atoms with Crippen LogP contribution in [0.5, 0.6) is 5.75 Å². The predicted molar refractivity (Wildman–Crippen MR) is 106 cm³/mol. The van der Waals surface area contributed by atoms with E-state index < -0.39 is 0 Å². The average molecular weight is 446 g/mol. The number of rotatable bonds is 2. The molecule has 25 heavy (non-hydrogen) atoms. The van der Waals surface area contributed by atoms with Crippen LogP contribution < -0.4 is 4.74 Å². The van der Waals surface area contributed by atoms with Crippen molar-refractivity contribution in [1.29, 1.82) is 0 Å². The van der Waals surface area contributed by atoms with Crippen LogP contribution >= 0.6 is 22.6 Å². The first-order valence-corrected chi connectivity index (χ1v) is 9.47. The molecule has 1 aliphatic carbocycles. The number of amides is 1. The molecule has 2 aromatic rings. The highest BCUT2D eigenvalue weighted by atomic mass is 127. The second kappa shape index (κ2) is 6.44. The van der Waals surface area contributed by atoms with Crippen LogP contribution in [-0.4, -0.2) is 23.7 Å². The number of hydrogen-bond acceptors (Lipinski definition) is 3. The monoisotopic (exact) mass is 446 g/mol. The molecule has 4 nitrogen and oxygen atoms in total. The van der Waals surface area contributed by atoms with Gasteiger partial charge in [-0.15, -0.1) is 0 Å². The van der Waals surface area contributed by atoms with E-state index in [0.717, 1.165) is 35.4 Å². The minimum Gasteiger partial charge on any atom is -0.497 e. The molecule has 0 N–H and O–H groups in total. The van der Waals surface area contributed by atoms with Crippen LogP contribution in [0.15, 0.2) is 47.6 Å². The molecule has 0 bridgehead atoms. The summed E-state index contributed by atoms with van der Waals surface area (Å²) < 4.78 is 6.52. The number of carbonyl (C=O) groups excluding carboxylic acids is 1. The zero-order chi connectivity index (χ0) is 17.6. The first-order valence-electron chi connectivity index (χ1n) is 8.39. The van der Waals surface area contributed by atoms with Gasteiger partial charge < -0.3 is 4.74 Å². The fourth-order valence-corrected chi connectivity index (χ4v) is 4.48. The van der Waals surface area contributed by atoms with E-state index in [2.05, 4.69) is 59.0 Å². The lowest BCUT2D eigenvalue weighted by molar-refractivity contribution is -0.131. The van der Waals surface area contributed by atoms with E-state index in [9.17, 15) is 4.79 Å². The van der Waals surface area contributed by atoms with E-state index in [-0.39, 0.29) is 17.9 Å². The van der Waals surface area contributed by atoms with Crippen molar-refractivity contribution in [3.05, 3.63) is 62.7 Å². The quantitative estimate of drug-likeness (QED) is 0.650. The summed E-state index contributed by atoms with van der Waals surface area (Å²) in [6.07, 6.45) is 1.96. The Labute approximate surface area is 161 Å². The Bertz CT molecular complexity index is 878. The van der Waals surface area contributed by atoms with Crippen LogP contribution in [0.3, 0.4) is 0 Å². The lowest BCUT2D eigenvalue weighted by Gasteiger charge is -2.29. The summed E-state index contributed by atoms with van der Waals surface area (Å²) in [6, 6.07) is 14.5. The summed E-state index contributed by atoms with van der Waals surface area (Å²) in [5.41, 5.74) is 4.59. The molecular formula is C20H19IN2O2. The molecule has 0 aromatic heterocycles. The zero-order valence-corrected chi connectivity index (χ0v) is 16.4. The van der Waals surface area contributed by atoms with E-state index in [1.807, 2.05) is 6.07 Å². The highest BCUT2D eigenvalue weighted by Crippen LogP contribution is 2.44. The molecule has 0 spiro atoms. The van der Waals surface area contributed by atoms with Gasteiger partial charge in [-0.05, 0) is 76.9 Å². The average Bonchev–Trinajstić information content (AvgIpc) is 3.01. The molecule has 1 heterocycles. The third kappa shape index (κ3) is 2.84. The molecule has 2 atom stereocenters. The Balaban J connectivity index is 1.79. The van der Waals surface area contributed by atoms with Gasteiger partial charge in [0.15, 0.2) is 0 Å². The molecule has 0 fully saturated rings. The van der Waals surface area contributed by atoms with Crippen molar-refractivity contribution in [2.24, 2.45) is 11.0 Å². The van der Waals surface area contributed by atoms with Gasteiger partial charge in [0.2, 0.25) is 5.91 Å². The molecule has 2 aromatic carbocycles. The zero-order valence-electron chi connectivity index (χ0n) is 14.2. The maximum Gasteiger partial charge on any atom is 0.240 e. The SMILES string of the molecule is COc1ccc2c(c1)CC[C@@H]1C2=NN(C(C)=O)[C@H]1c1cccc(I)c1. The van der Waals surface area contributed by atoms with Crippen LogP contribution in [0.25, 0.3) is 0 Å². The minimum atomic E-state index is -0.0162. The molecule has 4 rings (SSSR count). The number of benzene rings is 2. The molecule has 0 unspecified atom stereocenters. The topological polar surface area (TPSA) is 41.9 Å². The van der Waals surface area contributed by atoms with Gasteiger partial charge in [-0.3, -0.25) is 4.79 Å². The van der Waals surface area contributed by atoms with Crippen molar-refractivity contribution >= 4 is 34.2 Å². The number of methoxy groups -OCH3 is 1. The largest absolute Gasteiger partial charge is 0.497 e. The molecule has 2 aliphatic rings. The van der Waals surface area contributed by atoms with Gasteiger partial charge in [0.05, 0.1) is 18.9 Å². The van der Waals surface area contributed by atoms with Crippen molar-refractivity contribution in [3.8, 4) is 5.75 Å². The Morgan fingerprint density at radius 1 is 1.28 bits per heavy atom. The van der Waals surface area contributed by atoms with Crippen molar-refractivity contribution in [2.45, 2.75) is 25.8 Å². The first-order chi connectivity index (χ1) is 12.1. The third-order valence-electron chi connectivity index (χ3n) is 5.04. The summed E-state index contributed by atoms with van der Waals surface area (Å²) in [7, 11) is 1.69. The Morgan fingerprint density at radius 3 is 2.84 bits per heavy atom. The van der Waals surface area contributed by atoms with Crippen LogP contribution in [0.4, 0.5) is 0 Å². The first kappa shape index (κ1) is 16.6.